The molecule has 0 spiro atoms. The third-order valence-electron chi connectivity index (χ3n) is 7.97. The topological polar surface area (TPSA) is 134 Å². The molecule has 4 aromatic rings. The first kappa shape index (κ1) is 27.3. The molecule has 1 fully saturated rings. The minimum absolute atomic E-state index is 0.0316. The average Bonchev–Trinajstić information content (AvgIpc) is 3.35. The second kappa shape index (κ2) is 11.2. The van der Waals surface area contributed by atoms with Crippen molar-refractivity contribution in [3.8, 4) is 0 Å². The number of nitrogens with zero attached hydrogens (tertiary/aromatic N) is 4. The number of aryl methyl sites for hydroxylation is 2. The van der Waals surface area contributed by atoms with E-state index in [0.717, 1.165) is 54.8 Å². The predicted molar refractivity (Wildman–Crippen MR) is 157 cm³/mol. The van der Waals surface area contributed by atoms with Crippen LogP contribution in [0, 0.1) is 12.3 Å². The van der Waals surface area contributed by atoms with E-state index in [9.17, 15) is 14.4 Å². The molecule has 41 heavy (non-hydrogen) atoms. The third-order valence-corrected chi connectivity index (χ3v) is 9.18. The lowest BCUT2D eigenvalue weighted by atomic mass is 9.95. The molecule has 4 aromatic heterocycles. The fourth-order valence-corrected chi connectivity index (χ4v) is 7.02. The summed E-state index contributed by atoms with van der Waals surface area (Å²) >= 11 is 1.42. The number of thiophene rings is 1. The molecular formula is C29H33N7O4S. The van der Waals surface area contributed by atoms with Gasteiger partial charge >= 0.3 is 0 Å². The van der Waals surface area contributed by atoms with Crippen LogP contribution in [0.5, 0.6) is 0 Å². The van der Waals surface area contributed by atoms with Crippen molar-refractivity contribution in [3.05, 3.63) is 67.4 Å². The van der Waals surface area contributed by atoms with Crippen molar-refractivity contribution in [1.82, 2.24) is 24.2 Å². The van der Waals surface area contributed by atoms with Crippen LogP contribution in [0.1, 0.15) is 49.6 Å². The molecular weight excluding hydrogens is 542 g/mol. The van der Waals surface area contributed by atoms with Gasteiger partial charge in [-0.25, -0.2) is 4.98 Å². The molecule has 2 amide bonds. The average molecular weight is 576 g/mol. The highest BCUT2D eigenvalue weighted by molar-refractivity contribution is 7.17. The van der Waals surface area contributed by atoms with Crippen molar-refractivity contribution in [1.29, 1.82) is 5.41 Å². The van der Waals surface area contributed by atoms with Crippen molar-refractivity contribution >= 4 is 44.8 Å². The quantitative estimate of drug-likeness (QED) is 0.302. The molecule has 3 N–H and O–H groups in total. The summed E-state index contributed by atoms with van der Waals surface area (Å²) in [5.41, 5.74) is 2.93. The zero-order valence-electron chi connectivity index (χ0n) is 23.2. The van der Waals surface area contributed by atoms with Gasteiger partial charge in [0.25, 0.3) is 17.4 Å². The Morgan fingerprint density at radius 3 is 2.68 bits per heavy atom. The van der Waals surface area contributed by atoms with E-state index in [-0.39, 0.29) is 27.9 Å². The van der Waals surface area contributed by atoms with E-state index >= 15 is 0 Å². The van der Waals surface area contributed by atoms with Crippen LogP contribution in [-0.2, 0) is 24.1 Å². The minimum Gasteiger partial charge on any atom is -0.379 e. The van der Waals surface area contributed by atoms with Gasteiger partial charge in [-0.1, -0.05) is 6.07 Å². The summed E-state index contributed by atoms with van der Waals surface area (Å²) in [5.74, 6) is -0.774. The first-order valence-corrected chi connectivity index (χ1v) is 14.8. The number of pyridine rings is 2. The van der Waals surface area contributed by atoms with Gasteiger partial charge in [0.15, 0.2) is 0 Å². The summed E-state index contributed by atoms with van der Waals surface area (Å²) in [6.07, 6.45) is 5.37. The first-order valence-electron chi connectivity index (χ1n) is 14.0. The molecule has 0 radical (unpaired) electrons. The number of morpholine rings is 1. The molecule has 5 heterocycles. The molecule has 1 aliphatic carbocycles. The van der Waals surface area contributed by atoms with Crippen LogP contribution in [0.25, 0.3) is 16.7 Å². The Morgan fingerprint density at radius 1 is 1.12 bits per heavy atom. The van der Waals surface area contributed by atoms with Crippen LogP contribution in [0.3, 0.4) is 0 Å². The minimum atomic E-state index is -0.533. The second-order valence-corrected chi connectivity index (χ2v) is 11.6. The second-order valence-electron chi connectivity index (χ2n) is 10.5. The predicted octanol–water partition coefficient (Wildman–Crippen LogP) is 2.32. The Hall–Kier alpha value is -3.87. The Balaban J connectivity index is 1.47. The highest BCUT2D eigenvalue weighted by Gasteiger charge is 2.27. The van der Waals surface area contributed by atoms with E-state index in [1.807, 2.05) is 13.0 Å². The molecule has 0 unspecified atom stereocenters. The van der Waals surface area contributed by atoms with Crippen LogP contribution in [-0.4, -0.2) is 70.6 Å². The lowest BCUT2D eigenvalue weighted by Crippen LogP contribution is -2.40. The fraction of sp³-hybridized carbons (Fsp3) is 0.414. The maximum absolute atomic E-state index is 13.8. The maximum atomic E-state index is 13.8. The molecule has 0 aromatic carbocycles. The fourth-order valence-electron chi connectivity index (χ4n) is 5.74. The highest BCUT2D eigenvalue weighted by atomic mass is 32.1. The number of aromatic nitrogens is 3. The van der Waals surface area contributed by atoms with Gasteiger partial charge in [0.1, 0.15) is 21.8 Å². The molecule has 0 bridgehead atoms. The molecule has 2 aliphatic rings. The van der Waals surface area contributed by atoms with Gasteiger partial charge in [-0.2, -0.15) is 0 Å². The van der Waals surface area contributed by atoms with Crippen LogP contribution in [0.15, 0.2) is 29.2 Å². The Labute approximate surface area is 240 Å². The number of anilines is 1. The number of rotatable bonds is 6. The summed E-state index contributed by atoms with van der Waals surface area (Å²) in [5, 5.41) is 15.5. The van der Waals surface area contributed by atoms with E-state index < -0.39 is 5.91 Å². The molecule has 12 heteroatoms. The number of hydrogen-bond donors (Lipinski definition) is 3. The van der Waals surface area contributed by atoms with Crippen molar-refractivity contribution in [2.24, 2.45) is 0 Å². The van der Waals surface area contributed by atoms with Crippen LogP contribution in [0.4, 0.5) is 5.00 Å². The van der Waals surface area contributed by atoms with E-state index in [1.165, 1.54) is 21.8 Å². The number of amides is 2. The zero-order chi connectivity index (χ0) is 28.7. The SMILES string of the molecule is CNC(=O)c1c(NC(=O)c2cc3c(=O)n4cccc(C)c4nc3n(CCN3CCOCC3)c2=N)sc2c1CCCC2. The normalized spacial score (nSPS) is 15.7. The molecule has 214 valence electrons. The van der Waals surface area contributed by atoms with Crippen molar-refractivity contribution < 1.29 is 14.3 Å². The maximum Gasteiger partial charge on any atom is 0.267 e. The van der Waals surface area contributed by atoms with E-state index in [4.69, 9.17) is 15.1 Å². The number of carbonyl (C=O) groups excluding carboxylic acids is 2. The lowest BCUT2D eigenvalue weighted by Gasteiger charge is -2.27. The van der Waals surface area contributed by atoms with E-state index in [0.29, 0.717) is 48.2 Å². The van der Waals surface area contributed by atoms with Gasteiger partial charge in [-0.15, -0.1) is 11.3 Å². The summed E-state index contributed by atoms with van der Waals surface area (Å²) in [7, 11) is 1.58. The van der Waals surface area contributed by atoms with Crippen LogP contribution in [0.2, 0.25) is 0 Å². The number of hydrogen-bond acceptors (Lipinski definition) is 8. The first-order chi connectivity index (χ1) is 19.9. The Morgan fingerprint density at radius 2 is 1.90 bits per heavy atom. The standard InChI is InChI=1S/C29H33N7O4S/c1-17-6-5-9-36-24(17)32-25-20(29(36)39)16-19(23(30)35(25)11-10-34-12-14-40-15-13-34)26(37)33-28-22(27(38)31-2)18-7-3-4-8-21(18)41-28/h5-6,9,16,30H,3-4,7-8,10-15H2,1-2H3,(H,31,38)(H,33,37). The van der Waals surface area contributed by atoms with E-state index in [2.05, 4.69) is 15.5 Å². The van der Waals surface area contributed by atoms with E-state index in [1.54, 1.807) is 23.9 Å². The molecule has 11 nitrogen and oxygen atoms in total. The van der Waals surface area contributed by atoms with Crippen LogP contribution >= 0.6 is 11.3 Å². The number of nitrogens with one attached hydrogen (secondary N) is 3. The zero-order valence-corrected chi connectivity index (χ0v) is 24.0. The summed E-state index contributed by atoms with van der Waals surface area (Å²) in [6, 6.07) is 5.14. The smallest absolute Gasteiger partial charge is 0.267 e. The summed E-state index contributed by atoms with van der Waals surface area (Å²) in [4.78, 5) is 48.5. The number of fused-ring (bicyclic) bond motifs is 3. The van der Waals surface area contributed by atoms with Crippen LogP contribution < -0.4 is 21.7 Å². The van der Waals surface area contributed by atoms with Gasteiger partial charge < -0.3 is 19.9 Å². The Kier molecular flexibility index (Phi) is 7.45. The van der Waals surface area contributed by atoms with Crippen molar-refractivity contribution in [3.63, 3.8) is 0 Å². The van der Waals surface area contributed by atoms with Crippen molar-refractivity contribution in [2.45, 2.75) is 39.2 Å². The highest BCUT2D eigenvalue weighted by Crippen LogP contribution is 2.38. The molecule has 0 saturated carbocycles. The van der Waals surface area contributed by atoms with Gasteiger partial charge in [-0.3, -0.25) is 29.1 Å². The van der Waals surface area contributed by atoms with Gasteiger partial charge in [0.2, 0.25) is 0 Å². The van der Waals surface area contributed by atoms with Crippen molar-refractivity contribution in [2.75, 3.05) is 45.2 Å². The Bertz CT molecular complexity index is 1800. The molecule has 1 aliphatic heterocycles. The molecule has 1 saturated heterocycles. The third kappa shape index (κ3) is 4.96. The molecule has 0 atom stereocenters. The summed E-state index contributed by atoms with van der Waals surface area (Å²) in [6.45, 7) is 5.71. The summed E-state index contributed by atoms with van der Waals surface area (Å²) < 4.78 is 8.61. The number of ether oxygens (including phenoxy) is 1. The van der Waals surface area contributed by atoms with Gasteiger partial charge in [0, 0.05) is 44.3 Å². The van der Waals surface area contributed by atoms with Gasteiger partial charge in [0.05, 0.1) is 29.7 Å². The lowest BCUT2D eigenvalue weighted by molar-refractivity contribution is 0.0363. The molecule has 6 rings (SSSR count). The monoisotopic (exact) mass is 575 g/mol. The number of carbonyl (C=O) groups is 2. The van der Waals surface area contributed by atoms with Gasteiger partial charge in [-0.05, 0) is 55.9 Å². The largest absolute Gasteiger partial charge is 0.379 e.